The number of carbonyl (C=O) groups is 2. The fraction of sp³-hybridized carbons (Fsp3) is 0.320. The molecule has 32 heavy (non-hydrogen) atoms. The smallest absolute Gasteiger partial charge is 0.410 e. The largest absolute Gasteiger partial charge is 0.453 e. The molecule has 0 radical (unpaired) electrons. The fourth-order valence-electron chi connectivity index (χ4n) is 4.61. The van der Waals surface area contributed by atoms with Gasteiger partial charge in [-0.2, -0.15) is 0 Å². The summed E-state index contributed by atoms with van der Waals surface area (Å²) in [5.74, 6) is 0.774. The quantitative estimate of drug-likeness (QED) is 0.671. The molecule has 0 bridgehead atoms. The molecule has 2 amide bonds. The second kappa shape index (κ2) is 8.49. The van der Waals surface area contributed by atoms with E-state index in [1.807, 2.05) is 29.3 Å². The average molecular weight is 431 g/mol. The summed E-state index contributed by atoms with van der Waals surface area (Å²) in [5.41, 5.74) is 4.33. The predicted molar refractivity (Wildman–Crippen MR) is 121 cm³/mol. The molecule has 7 heteroatoms. The summed E-state index contributed by atoms with van der Waals surface area (Å²) in [6.07, 6.45) is 3.84. The van der Waals surface area contributed by atoms with E-state index in [0.717, 1.165) is 35.5 Å². The van der Waals surface area contributed by atoms with Gasteiger partial charge in [-0.15, -0.1) is 0 Å². The number of imidazole rings is 1. The number of nitrogens with one attached hydrogen (secondary N) is 1. The molecule has 0 unspecified atom stereocenters. The minimum atomic E-state index is -0.440. The molecule has 1 aromatic heterocycles. The number of hydrogen-bond acceptors (Lipinski definition) is 4. The zero-order valence-corrected chi connectivity index (χ0v) is 18.0. The van der Waals surface area contributed by atoms with Crippen LogP contribution in [0.1, 0.15) is 31.1 Å². The molecule has 0 aliphatic carbocycles. The third-order valence-electron chi connectivity index (χ3n) is 6.46. The first-order valence-electron chi connectivity index (χ1n) is 11.0. The van der Waals surface area contributed by atoms with Crippen LogP contribution >= 0.6 is 0 Å². The van der Waals surface area contributed by atoms with Crippen LogP contribution in [0.3, 0.4) is 0 Å². The van der Waals surface area contributed by atoms with Crippen LogP contribution in [0.4, 0.5) is 4.79 Å². The number of carbonyl (C=O) groups excluding carboxylic acids is 2. The summed E-state index contributed by atoms with van der Waals surface area (Å²) in [7, 11) is 1.34. The highest BCUT2D eigenvalue weighted by Crippen LogP contribution is 2.34. The number of hydrogen-bond donors (Lipinski definition) is 1. The van der Waals surface area contributed by atoms with Gasteiger partial charge in [0, 0.05) is 13.1 Å². The Labute approximate surface area is 187 Å². The molecule has 2 atom stereocenters. The number of ether oxygens (including phenoxy) is 1. The summed E-state index contributed by atoms with van der Waals surface area (Å²) in [6, 6.07) is 18.1. The highest BCUT2D eigenvalue weighted by Gasteiger charge is 2.43. The number of aromatic nitrogens is 2. The van der Waals surface area contributed by atoms with E-state index in [0.29, 0.717) is 19.5 Å². The van der Waals surface area contributed by atoms with Crippen LogP contribution in [-0.2, 0) is 9.53 Å². The van der Waals surface area contributed by atoms with Gasteiger partial charge in [-0.1, -0.05) is 54.6 Å². The van der Waals surface area contributed by atoms with E-state index in [1.165, 1.54) is 17.6 Å². The first kappa shape index (κ1) is 20.3. The molecule has 3 aromatic rings. The lowest BCUT2D eigenvalue weighted by Gasteiger charge is -2.41. The minimum Gasteiger partial charge on any atom is -0.453 e. The van der Waals surface area contributed by atoms with Gasteiger partial charge < -0.3 is 14.6 Å². The maximum absolute atomic E-state index is 13.1. The van der Waals surface area contributed by atoms with Crippen LogP contribution in [0.5, 0.6) is 0 Å². The maximum atomic E-state index is 13.1. The standard InChI is InChI=1S/C25H26N4O3/c1-32-25(31)29-15-13-22(29)24(30)28-14-5-8-21(28)23-26-16-20(27-23)19-11-9-18(10-12-19)17-6-3-2-4-7-17/h2-4,6-7,9-12,16,21-22H,5,8,13-15H2,1H3,(H,26,27)/t21-,22-/m0/s1. The molecule has 2 aromatic carbocycles. The normalized spacial score (nSPS) is 20.2. The minimum absolute atomic E-state index is 0.0192. The average Bonchev–Trinajstić information content (AvgIpc) is 3.48. The molecule has 2 saturated heterocycles. The number of rotatable bonds is 4. The first-order chi connectivity index (χ1) is 15.7. The van der Waals surface area contributed by atoms with E-state index in [1.54, 1.807) is 0 Å². The van der Waals surface area contributed by atoms with E-state index in [4.69, 9.17) is 4.74 Å². The summed E-state index contributed by atoms with van der Waals surface area (Å²) in [5, 5.41) is 0. The Bertz CT molecular complexity index is 1110. The lowest BCUT2D eigenvalue weighted by molar-refractivity contribution is -0.141. The molecule has 0 saturated carbocycles. The number of aromatic amines is 1. The van der Waals surface area contributed by atoms with Gasteiger partial charge >= 0.3 is 6.09 Å². The van der Waals surface area contributed by atoms with Crippen molar-refractivity contribution in [1.29, 1.82) is 0 Å². The number of H-pyrrole nitrogens is 1. The van der Waals surface area contributed by atoms with Gasteiger partial charge in [-0.25, -0.2) is 9.78 Å². The molecule has 164 valence electrons. The third kappa shape index (κ3) is 3.64. The van der Waals surface area contributed by atoms with Crippen molar-refractivity contribution in [2.24, 2.45) is 0 Å². The molecule has 2 fully saturated rings. The fourth-order valence-corrected chi connectivity index (χ4v) is 4.61. The Morgan fingerprint density at radius 2 is 1.66 bits per heavy atom. The number of methoxy groups -OCH3 is 1. The zero-order valence-electron chi connectivity index (χ0n) is 18.0. The predicted octanol–water partition coefficient (Wildman–Crippen LogP) is 4.25. The molecular weight excluding hydrogens is 404 g/mol. The van der Waals surface area contributed by atoms with Crippen molar-refractivity contribution in [2.45, 2.75) is 31.3 Å². The van der Waals surface area contributed by atoms with Gasteiger partial charge in [-0.05, 0) is 36.0 Å². The Kier molecular flexibility index (Phi) is 5.39. The first-order valence-corrected chi connectivity index (χ1v) is 11.0. The van der Waals surface area contributed by atoms with Crippen molar-refractivity contribution < 1.29 is 14.3 Å². The number of amides is 2. The van der Waals surface area contributed by atoms with E-state index in [2.05, 4.69) is 46.4 Å². The Hall–Kier alpha value is -3.61. The molecule has 3 heterocycles. The Morgan fingerprint density at radius 1 is 0.938 bits per heavy atom. The van der Waals surface area contributed by atoms with Crippen LogP contribution < -0.4 is 0 Å². The molecular formula is C25H26N4O3. The molecule has 2 aliphatic heterocycles. The van der Waals surface area contributed by atoms with E-state index < -0.39 is 12.1 Å². The third-order valence-corrected chi connectivity index (χ3v) is 6.46. The highest BCUT2D eigenvalue weighted by atomic mass is 16.5. The highest BCUT2D eigenvalue weighted by molar-refractivity contribution is 5.87. The van der Waals surface area contributed by atoms with Gasteiger partial charge in [0.05, 0.1) is 25.0 Å². The number of benzene rings is 2. The van der Waals surface area contributed by atoms with Crippen molar-refractivity contribution >= 4 is 12.0 Å². The molecule has 1 N–H and O–H groups in total. The van der Waals surface area contributed by atoms with E-state index in [-0.39, 0.29) is 11.9 Å². The van der Waals surface area contributed by atoms with Crippen LogP contribution in [-0.4, -0.2) is 58.0 Å². The number of likely N-dealkylation sites (tertiary alicyclic amines) is 2. The van der Waals surface area contributed by atoms with Gasteiger partial charge in [0.1, 0.15) is 11.9 Å². The number of nitrogens with zero attached hydrogens (tertiary/aromatic N) is 3. The second-order valence-electron chi connectivity index (χ2n) is 8.28. The topological polar surface area (TPSA) is 78.5 Å². The van der Waals surface area contributed by atoms with E-state index in [9.17, 15) is 9.59 Å². The van der Waals surface area contributed by atoms with Gasteiger partial charge in [0.15, 0.2) is 0 Å². The summed E-state index contributed by atoms with van der Waals surface area (Å²) in [4.78, 5) is 36.4. The van der Waals surface area contributed by atoms with Crippen LogP contribution in [0, 0.1) is 0 Å². The molecule has 5 rings (SSSR count). The lowest BCUT2D eigenvalue weighted by Crippen LogP contribution is -2.58. The van der Waals surface area contributed by atoms with Crippen LogP contribution in [0.2, 0.25) is 0 Å². The molecule has 0 spiro atoms. The van der Waals surface area contributed by atoms with Crippen molar-refractivity contribution in [3.8, 4) is 22.4 Å². The maximum Gasteiger partial charge on any atom is 0.410 e. The van der Waals surface area contributed by atoms with Gasteiger partial charge in [-0.3, -0.25) is 9.69 Å². The monoisotopic (exact) mass is 430 g/mol. The van der Waals surface area contributed by atoms with E-state index >= 15 is 0 Å². The molecule has 7 nitrogen and oxygen atoms in total. The van der Waals surface area contributed by atoms with Gasteiger partial charge in [0.25, 0.3) is 0 Å². The summed E-state index contributed by atoms with van der Waals surface area (Å²) >= 11 is 0. The van der Waals surface area contributed by atoms with Crippen LogP contribution in [0.15, 0.2) is 60.8 Å². The summed E-state index contributed by atoms with van der Waals surface area (Å²) < 4.78 is 4.80. The summed E-state index contributed by atoms with van der Waals surface area (Å²) in [6.45, 7) is 1.24. The second-order valence-corrected chi connectivity index (χ2v) is 8.28. The molecule has 2 aliphatic rings. The van der Waals surface area contributed by atoms with Crippen molar-refractivity contribution in [3.05, 3.63) is 66.6 Å². The lowest BCUT2D eigenvalue weighted by atomic mass is 10.0. The van der Waals surface area contributed by atoms with Gasteiger partial charge in [0.2, 0.25) is 5.91 Å². The SMILES string of the molecule is COC(=O)N1CC[C@H]1C(=O)N1CCC[C@H]1c1ncc(-c2ccc(-c3ccccc3)cc2)[nH]1. The van der Waals surface area contributed by atoms with Crippen molar-refractivity contribution in [2.75, 3.05) is 20.2 Å². The zero-order chi connectivity index (χ0) is 22.1. The van der Waals surface area contributed by atoms with Crippen LogP contribution in [0.25, 0.3) is 22.4 Å². The van der Waals surface area contributed by atoms with Crippen molar-refractivity contribution in [3.63, 3.8) is 0 Å². The Balaban J connectivity index is 1.32. The van der Waals surface area contributed by atoms with Crippen molar-refractivity contribution in [1.82, 2.24) is 19.8 Å². The Morgan fingerprint density at radius 3 is 2.34 bits per heavy atom.